The zero-order chi connectivity index (χ0) is 28.9. The van der Waals surface area contributed by atoms with Crippen molar-refractivity contribution in [2.75, 3.05) is 32.7 Å². The summed E-state index contributed by atoms with van der Waals surface area (Å²) in [7, 11) is 0. The maximum Gasteiger partial charge on any atom is 0.253 e. The van der Waals surface area contributed by atoms with Gasteiger partial charge in [0.1, 0.15) is 5.69 Å². The van der Waals surface area contributed by atoms with Gasteiger partial charge in [-0.1, -0.05) is 84.9 Å². The van der Waals surface area contributed by atoms with Gasteiger partial charge < -0.3 is 4.90 Å². The zero-order valence-corrected chi connectivity index (χ0v) is 25.9. The van der Waals surface area contributed by atoms with Crippen LogP contribution in [0, 0.1) is 11.8 Å². The number of amides is 1. The summed E-state index contributed by atoms with van der Waals surface area (Å²) in [4.78, 5) is 18.3. The largest absolute Gasteiger partial charge is 0.339 e. The third-order valence-corrected chi connectivity index (χ3v) is 8.03. The van der Waals surface area contributed by atoms with Crippen molar-refractivity contribution in [3.8, 4) is 11.3 Å². The third kappa shape index (κ3) is 7.63. The summed E-state index contributed by atoms with van der Waals surface area (Å²) in [5.74, 6) is 1.24. The van der Waals surface area contributed by atoms with E-state index >= 15 is 0 Å². The number of pyridine rings is 1. The molecular weight excluding hydrogens is 492 g/mol. The van der Waals surface area contributed by atoms with Crippen molar-refractivity contribution in [1.82, 2.24) is 19.4 Å². The van der Waals surface area contributed by atoms with Gasteiger partial charge in [-0.15, -0.1) is 0 Å². The number of benzene rings is 1. The number of carbonyl (C=O) groups excluding carboxylic acids is 1. The first kappa shape index (κ1) is 30.0. The number of likely N-dealkylation sites (tertiary alicyclic amines) is 1. The molecule has 0 aliphatic carbocycles. The predicted octanol–water partition coefficient (Wildman–Crippen LogP) is 7.94. The van der Waals surface area contributed by atoms with E-state index in [1.165, 1.54) is 31.5 Å². The fraction of sp³-hybridized carbons (Fsp3) is 0.543. The number of hydrogen-bond donors (Lipinski definition) is 0. The molecule has 0 radical (unpaired) electrons. The molecule has 0 bridgehead atoms. The molecular formula is C35H50N4O. The maximum absolute atomic E-state index is 13.8. The van der Waals surface area contributed by atoms with Crippen LogP contribution in [-0.2, 0) is 5.41 Å². The summed E-state index contributed by atoms with van der Waals surface area (Å²) < 4.78 is 1.94. The Kier molecular flexibility index (Phi) is 9.89. The van der Waals surface area contributed by atoms with Crippen LogP contribution in [0.4, 0.5) is 0 Å². The summed E-state index contributed by atoms with van der Waals surface area (Å²) in [6.45, 7) is 20.5. The van der Waals surface area contributed by atoms with E-state index < -0.39 is 0 Å². The molecule has 1 amide bonds. The molecule has 5 heteroatoms. The van der Waals surface area contributed by atoms with Crippen LogP contribution in [0.25, 0.3) is 22.9 Å². The van der Waals surface area contributed by atoms with Crippen molar-refractivity contribution in [3.05, 3.63) is 65.4 Å². The Labute approximate surface area is 242 Å². The second-order valence-corrected chi connectivity index (χ2v) is 13.4. The minimum Gasteiger partial charge on any atom is -0.339 e. The van der Waals surface area contributed by atoms with Crippen LogP contribution in [0.2, 0.25) is 0 Å². The van der Waals surface area contributed by atoms with Crippen molar-refractivity contribution < 1.29 is 4.79 Å². The Balaban J connectivity index is 1.71. The van der Waals surface area contributed by atoms with Crippen LogP contribution in [0.1, 0.15) is 95.6 Å². The molecule has 216 valence electrons. The van der Waals surface area contributed by atoms with E-state index in [-0.39, 0.29) is 11.3 Å². The van der Waals surface area contributed by atoms with E-state index in [0.717, 1.165) is 60.4 Å². The summed E-state index contributed by atoms with van der Waals surface area (Å²) >= 11 is 0. The molecule has 0 saturated carbocycles. The zero-order valence-electron chi connectivity index (χ0n) is 25.9. The van der Waals surface area contributed by atoms with Gasteiger partial charge in [0.25, 0.3) is 5.91 Å². The lowest BCUT2D eigenvalue weighted by molar-refractivity contribution is 0.0741. The number of carbonyl (C=O) groups is 1. The summed E-state index contributed by atoms with van der Waals surface area (Å²) in [5.41, 5.74) is 6.26. The van der Waals surface area contributed by atoms with Gasteiger partial charge in [-0.3, -0.25) is 9.69 Å². The van der Waals surface area contributed by atoms with Crippen LogP contribution in [0.3, 0.4) is 0 Å². The number of fused-ring (bicyclic) bond motifs is 1. The second-order valence-electron chi connectivity index (χ2n) is 13.4. The Hall–Kier alpha value is -2.92. The van der Waals surface area contributed by atoms with Gasteiger partial charge in [0.15, 0.2) is 0 Å². The van der Waals surface area contributed by atoms with E-state index in [0.29, 0.717) is 11.8 Å². The molecule has 1 fully saturated rings. The molecule has 1 aromatic carbocycles. The first-order valence-electron chi connectivity index (χ1n) is 15.3. The summed E-state index contributed by atoms with van der Waals surface area (Å²) in [6, 6.07) is 12.8. The SMILES string of the molecule is CC(C)CCN(CCC(C)C)C(=O)c1ccn2nc(-c3ccc(C(C)(C)C)cc3)c(/C=C/CN3CCCC3)c2c1. The van der Waals surface area contributed by atoms with E-state index in [2.05, 4.69) is 101 Å². The van der Waals surface area contributed by atoms with Gasteiger partial charge in [-0.2, -0.15) is 5.10 Å². The number of rotatable bonds is 11. The standard InChI is InChI=1S/C35H50N4O/c1-26(2)16-22-38(23-17-27(3)4)34(40)29-18-24-39-32(25-29)31(11-10-21-37-19-8-9-20-37)33(36-39)28-12-14-30(15-13-28)35(5,6)7/h10-15,18,24-27H,8-9,16-17,19-23H2,1-7H3/b11-10+. The van der Waals surface area contributed by atoms with E-state index in [9.17, 15) is 4.79 Å². The molecule has 0 spiro atoms. The Bertz CT molecular complexity index is 1280. The molecule has 1 aliphatic heterocycles. The van der Waals surface area contributed by atoms with Gasteiger partial charge in [0.05, 0.1) is 5.52 Å². The van der Waals surface area contributed by atoms with Crippen molar-refractivity contribution in [2.45, 2.75) is 79.6 Å². The average Bonchev–Trinajstić information content (AvgIpc) is 3.55. The predicted molar refractivity (Wildman–Crippen MR) is 169 cm³/mol. The molecule has 5 nitrogen and oxygen atoms in total. The number of nitrogens with zero attached hydrogens (tertiary/aromatic N) is 4. The molecule has 4 rings (SSSR count). The van der Waals surface area contributed by atoms with Crippen molar-refractivity contribution in [3.63, 3.8) is 0 Å². The molecule has 0 N–H and O–H groups in total. The fourth-order valence-corrected chi connectivity index (χ4v) is 5.31. The number of aromatic nitrogens is 2. The highest BCUT2D eigenvalue weighted by Gasteiger charge is 2.20. The highest BCUT2D eigenvalue weighted by atomic mass is 16.2. The lowest BCUT2D eigenvalue weighted by atomic mass is 9.86. The first-order valence-corrected chi connectivity index (χ1v) is 15.3. The van der Waals surface area contributed by atoms with E-state index in [1.54, 1.807) is 0 Å². The van der Waals surface area contributed by atoms with Crippen LogP contribution in [0.15, 0.2) is 48.7 Å². The van der Waals surface area contributed by atoms with Gasteiger partial charge >= 0.3 is 0 Å². The van der Waals surface area contributed by atoms with Crippen LogP contribution < -0.4 is 0 Å². The normalized spacial score (nSPS) is 14.8. The molecule has 1 saturated heterocycles. The molecule has 3 aromatic rings. The topological polar surface area (TPSA) is 40.9 Å². The molecule has 2 aromatic heterocycles. The fourth-order valence-electron chi connectivity index (χ4n) is 5.31. The van der Waals surface area contributed by atoms with Crippen molar-refractivity contribution >= 4 is 17.5 Å². The highest BCUT2D eigenvalue weighted by Crippen LogP contribution is 2.31. The van der Waals surface area contributed by atoms with Crippen LogP contribution in [-0.4, -0.2) is 58.0 Å². The summed E-state index contributed by atoms with van der Waals surface area (Å²) in [6.07, 6.45) is 11.0. The quantitative estimate of drug-likeness (QED) is 0.247. The van der Waals surface area contributed by atoms with Crippen molar-refractivity contribution in [1.29, 1.82) is 0 Å². The summed E-state index contributed by atoms with van der Waals surface area (Å²) in [5, 5.41) is 5.02. The monoisotopic (exact) mass is 542 g/mol. The number of hydrogen-bond acceptors (Lipinski definition) is 3. The van der Waals surface area contributed by atoms with E-state index in [1.807, 2.05) is 16.8 Å². The molecule has 1 aliphatic rings. The Morgan fingerprint density at radius 3 is 2.17 bits per heavy atom. The second kappa shape index (κ2) is 13.2. The molecule has 40 heavy (non-hydrogen) atoms. The van der Waals surface area contributed by atoms with Crippen LogP contribution >= 0.6 is 0 Å². The Morgan fingerprint density at radius 1 is 0.975 bits per heavy atom. The van der Waals surface area contributed by atoms with Gasteiger partial charge in [0.2, 0.25) is 0 Å². The highest BCUT2D eigenvalue weighted by molar-refractivity contribution is 5.96. The van der Waals surface area contributed by atoms with E-state index in [4.69, 9.17) is 5.10 Å². The smallest absolute Gasteiger partial charge is 0.253 e. The van der Waals surface area contributed by atoms with Gasteiger partial charge in [-0.25, -0.2) is 4.52 Å². The molecule has 3 heterocycles. The molecule has 0 unspecified atom stereocenters. The Morgan fingerprint density at radius 2 is 1.60 bits per heavy atom. The minimum absolute atomic E-state index is 0.0994. The lowest BCUT2D eigenvalue weighted by Crippen LogP contribution is -2.34. The first-order chi connectivity index (χ1) is 19.0. The van der Waals surface area contributed by atoms with Crippen molar-refractivity contribution in [2.24, 2.45) is 11.8 Å². The van der Waals surface area contributed by atoms with Gasteiger partial charge in [-0.05, 0) is 73.7 Å². The third-order valence-electron chi connectivity index (χ3n) is 8.03. The average molecular weight is 543 g/mol. The minimum atomic E-state index is 0.0994. The van der Waals surface area contributed by atoms with Gasteiger partial charge in [0, 0.05) is 42.5 Å². The van der Waals surface area contributed by atoms with Crippen LogP contribution in [0.5, 0.6) is 0 Å². The lowest BCUT2D eigenvalue weighted by Gasteiger charge is -2.24. The maximum atomic E-state index is 13.8. The molecule has 0 atom stereocenters.